The fraction of sp³-hybridized carbons (Fsp3) is 0. The van der Waals surface area contributed by atoms with Gasteiger partial charge in [-0.05, 0) is 83.9 Å². The molecule has 0 aromatic heterocycles. The van der Waals surface area contributed by atoms with Crippen LogP contribution < -0.4 is 80.8 Å². The number of hydrogen-bond acceptors (Lipinski definition) is 13. The van der Waals surface area contributed by atoms with Crippen LogP contribution in [0.25, 0.3) is 21.9 Å². The molecule has 6 rings (SSSR count). The number of carbonyl (C=O) groups is 1. The molecule has 18 heteroatoms. The fourth-order valence-corrected chi connectivity index (χ4v) is 5.60. The number of carboxylic acid groups (broad SMARTS) is 1. The fourth-order valence-electron chi connectivity index (χ4n) is 4.90. The smallest absolute Gasteiger partial charge is 0.872 e. The Hall–Kier alpha value is -5.04. The van der Waals surface area contributed by atoms with Crippen LogP contribution in [0.3, 0.4) is 0 Å². The molecule has 15 nitrogen and oxygen atoms in total. The van der Waals surface area contributed by atoms with Crippen molar-refractivity contribution in [2.75, 3.05) is 11.5 Å². The summed E-state index contributed by atoms with van der Waals surface area (Å²) in [5, 5.41) is 58.2. The summed E-state index contributed by atoms with van der Waals surface area (Å²) in [6.45, 7) is 0. The van der Waals surface area contributed by atoms with Gasteiger partial charge in [-0.2, -0.15) is 34.0 Å². The van der Waals surface area contributed by atoms with Crippen molar-refractivity contribution in [2.45, 2.75) is 4.90 Å². The molecule has 0 fully saturated rings. The summed E-state index contributed by atoms with van der Waals surface area (Å²) in [4.78, 5) is 10.6. The van der Waals surface area contributed by atoms with E-state index in [4.69, 9.17) is 16.6 Å². The van der Waals surface area contributed by atoms with Crippen LogP contribution in [0.15, 0.2) is 145 Å². The Balaban J connectivity index is 0.00000314. The van der Waals surface area contributed by atoms with Gasteiger partial charge in [0.1, 0.15) is 10.6 Å². The van der Waals surface area contributed by atoms with Gasteiger partial charge in [0.2, 0.25) is 0 Å². The van der Waals surface area contributed by atoms with Crippen LogP contribution >= 0.6 is 0 Å². The Morgan fingerprint density at radius 1 is 0.604 bits per heavy atom. The van der Waals surface area contributed by atoms with Gasteiger partial charge in [0.15, 0.2) is 0 Å². The van der Waals surface area contributed by atoms with E-state index in [1.165, 1.54) is 18.2 Å². The van der Waals surface area contributed by atoms with Crippen molar-refractivity contribution < 1.29 is 92.2 Å². The standard InChI is InChI=1S/C35H26N8O7S.2Na/c36-21-5-11-24(12-6-21)39-42-28-15-14-26-31(51(48,49)50)18-29(33(37)32(26)34(28)45)43-40-23-9-3-20(4-10-23)19-1-7-22(8-2-19)38-41-25-13-16-30(44)27(17-25)35(46)47;;/h1-18,44-45H,36-37H2,(H,46,47)(H,48,49,50);;/q;2*+1/p-2. The monoisotopic (exact) mass is 746 g/mol. The van der Waals surface area contributed by atoms with Gasteiger partial charge in [0.05, 0.1) is 39.7 Å². The number of hydrogen-bond donors (Lipinski definition) is 4. The minimum atomic E-state index is -4.81. The van der Waals surface area contributed by atoms with Gasteiger partial charge < -0.3 is 26.8 Å². The number of nitrogen functional groups attached to an aromatic ring is 2. The molecule has 0 heterocycles. The average molecular weight is 747 g/mol. The first-order valence-corrected chi connectivity index (χ1v) is 16.2. The van der Waals surface area contributed by atoms with Gasteiger partial charge in [-0.1, -0.05) is 47.9 Å². The number of carboxylic acids is 1. The topological polar surface area (TPSA) is 264 Å². The second kappa shape index (κ2) is 17.2. The number of anilines is 2. The number of azo groups is 3. The molecule has 0 unspecified atom stereocenters. The molecular weight excluding hydrogens is 722 g/mol. The van der Waals surface area contributed by atoms with Gasteiger partial charge in [0, 0.05) is 16.5 Å². The first-order chi connectivity index (χ1) is 24.4. The first-order valence-electron chi connectivity index (χ1n) is 14.8. The SMILES string of the molecule is Nc1ccc(N=Nc2ccc3c(S(=O)(=O)O)cc(N=Nc4ccc(-c5ccc(N=Nc6ccc([O-])c(C(=O)O)c6)cc5)cc4)c(N)c3c2[O-])cc1.[Na+].[Na+]. The van der Waals surface area contributed by atoms with E-state index in [0.717, 1.165) is 29.3 Å². The molecule has 0 radical (unpaired) electrons. The van der Waals surface area contributed by atoms with E-state index in [1.807, 2.05) is 0 Å². The molecule has 6 N–H and O–H groups in total. The van der Waals surface area contributed by atoms with Crippen molar-refractivity contribution >= 4 is 72.4 Å². The van der Waals surface area contributed by atoms with Crippen molar-refractivity contribution in [3.63, 3.8) is 0 Å². The Bertz CT molecular complexity index is 2520. The van der Waals surface area contributed by atoms with E-state index in [0.29, 0.717) is 22.7 Å². The number of aromatic carboxylic acids is 1. The Labute approximate surface area is 346 Å². The molecule has 0 aliphatic rings. The predicted molar refractivity (Wildman–Crippen MR) is 186 cm³/mol. The van der Waals surface area contributed by atoms with Gasteiger partial charge in [-0.15, -0.1) is 5.11 Å². The average Bonchev–Trinajstić information content (AvgIpc) is 3.11. The minimum Gasteiger partial charge on any atom is -0.872 e. The van der Waals surface area contributed by atoms with E-state index in [-0.39, 0.29) is 92.6 Å². The van der Waals surface area contributed by atoms with Gasteiger partial charge >= 0.3 is 65.1 Å². The molecule has 0 aliphatic carbocycles. The number of benzene rings is 6. The molecule has 6 aromatic carbocycles. The van der Waals surface area contributed by atoms with Crippen LogP contribution in [0.2, 0.25) is 0 Å². The molecule has 0 saturated heterocycles. The largest absolute Gasteiger partial charge is 1.00 e. The summed E-state index contributed by atoms with van der Waals surface area (Å²) in [7, 11) is -4.81. The third kappa shape index (κ3) is 9.50. The quantitative estimate of drug-likeness (QED) is 0.0729. The number of nitrogens with zero attached hydrogens (tertiary/aromatic N) is 6. The molecule has 0 spiro atoms. The summed E-state index contributed by atoms with van der Waals surface area (Å²) in [5.74, 6) is -2.70. The molecule has 0 atom stereocenters. The second-order valence-corrected chi connectivity index (χ2v) is 12.3. The molecular formula is C35H24N8Na2O7S. The number of nitrogens with two attached hydrogens (primary N) is 2. The summed E-state index contributed by atoms with van der Waals surface area (Å²) in [6.07, 6.45) is 0. The normalized spacial score (nSPS) is 11.6. The maximum atomic E-state index is 13.4. The zero-order chi connectivity index (χ0) is 36.3. The van der Waals surface area contributed by atoms with E-state index >= 15 is 0 Å². The maximum Gasteiger partial charge on any atom is 1.00 e. The van der Waals surface area contributed by atoms with Gasteiger partial charge in [-0.25, -0.2) is 4.79 Å². The van der Waals surface area contributed by atoms with Crippen molar-refractivity contribution in [3.05, 3.63) is 115 Å². The van der Waals surface area contributed by atoms with Crippen molar-refractivity contribution in [1.29, 1.82) is 0 Å². The zero-order valence-corrected chi connectivity index (χ0v) is 32.9. The van der Waals surface area contributed by atoms with Crippen LogP contribution in [0.4, 0.5) is 45.5 Å². The van der Waals surface area contributed by atoms with E-state index in [1.54, 1.807) is 72.8 Å². The Morgan fingerprint density at radius 2 is 1.08 bits per heavy atom. The third-order valence-corrected chi connectivity index (χ3v) is 8.37. The van der Waals surface area contributed by atoms with Gasteiger partial charge in [0.25, 0.3) is 10.1 Å². The minimum absolute atomic E-state index is 0. The van der Waals surface area contributed by atoms with Crippen LogP contribution in [0.1, 0.15) is 10.4 Å². The molecule has 53 heavy (non-hydrogen) atoms. The summed E-state index contributed by atoms with van der Waals surface area (Å²) < 4.78 is 34.6. The van der Waals surface area contributed by atoms with Crippen LogP contribution in [0, 0.1) is 0 Å². The first kappa shape index (κ1) is 40.7. The molecule has 0 bridgehead atoms. The van der Waals surface area contributed by atoms with Crippen LogP contribution in [-0.2, 0) is 10.1 Å². The Kier molecular flexibility index (Phi) is 13.2. The Morgan fingerprint density at radius 3 is 1.60 bits per heavy atom. The summed E-state index contributed by atoms with van der Waals surface area (Å²) >= 11 is 0. The zero-order valence-electron chi connectivity index (χ0n) is 28.1. The van der Waals surface area contributed by atoms with Crippen LogP contribution in [0.5, 0.6) is 11.5 Å². The van der Waals surface area contributed by atoms with Gasteiger partial charge in [-0.3, -0.25) is 4.55 Å². The van der Waals surface area contributed by atoms with Crippen molar-refractivity contribution in [3.8, 4) is 22.6 Å². The third-order valence-electron chi connectivity index (χ3n) is 7.48. The summed E-state index contributed by atoms with van der Waals surface area (Å²) in [6, 6.07) is 27.5. The molecule has 254 valence electrons. The van der Waals surface area contributed by atoms with E-state index in [2.05, 4.69) is 30.7 Å². The van der Waals surface area contributed by atoms with Crippen molar-refractivity contribution in [1.82, 2.24) is 0 Å². The van der Waals surface area contributed by atoms with E-state index < -0.39 is 38.0 Å². The maximum absolute atomic E-state index is 13.4. The van der Waals surface area contributed by atoms with E-state index in [9.17, 15) is 28.0 Å². The summed E-state index contributed by atoms with van der Waals surface area (Å²) in [5.41, 5.74) is 14.8. The second-order valence-electron chi connectivity index (χ2n) is 10.9. The van der Waals surface area contributed by atoms with Crippen molar-refractivity contribution in [2.24, 2.45) is 30.7 Å². The molecule has 6 aromatic rings. The molecule has 0 amide bonds. The number of rotatable bonds is 9. The number of fused-ring (bicyclic) bond motifs is 1. The molecule has 0 aliphatic heterocycles. The molecule has 0 saturated carbocycles. The predicted octanol–water partition coefficient (Wildman–Crippen LogP) is 2.02. The van der Waals surface area contributed by atoms with Crippen LogP contribution in [-0.4, -0.2) is 24.0 Å².